The second kappa shape index (κ2) is 4.62. The van der Waals surface area contributed by atoms with E-state index in [1.165, 1.54) is 0 Å². The van der Waals surface area contributed by atoms with Crippen molar-refractivity contribution in [3.05, 3.63) is 33.8 Å². The van der Waals surface area contributed by atoms with Crippen molar-refractivity contribution in [3.63, 3.8) is 0 Å². The van der Waals surface area contributed by atoms with Gasteiger partial charge in [0.15, 0.2) is 10.8 Å². The fourth-order valence-corrected chi connectivity index (χ4v) is 4.68. The number of nitriles is 2. The van der Waals surface area contributed by atoms with Crippen molar-refractivity contribution >= 4 is 29.0 Å². The quantitative estimate of drug-likeness (QED) is 0.761. The van der Waals surface area contributed by atoms with Gasteiger partial charge in [-0.15, -0.1) is 0 Å². The van der Waals surface area contributed by atoms with Gasteiger partial charge in [0.1, 0.15) is 0 Å². The molecular formula is C16H13Cl2N4O2+. The molecule has 1 saturated heterocycles. The lowest BCUT2D eigenvalue weighted by Crippen LogP contribution is -2.90. The van der Waals surface area contributed by atoms with E-state index in [0.29, 0.717) is 22.2 Å². The summed E-state index contributed by atoms with van der Waals surface area (Å²) >= 11 is 12.3. The molecule has 6 nitrogen and oxygen atoms in total. The van der Waals surface area contributed by atoms with E-state index in [9.17, 15) is 10.5 Å². The third-order valence-electron chi connectivity index (χ3n) is 5.16. The smallest absolute Gasteiger partial charge is 0.311 e. The standard InChI is InChI=1S/C16H12Cl2N4O2/c1-8-5-23-16(24-8)15(7-20)12(14(15,6-19)13(21)22-16)10-3-2-9(17)4-11(10)18/h2-4,8,12H,5H2,1H3,(H2,21,22)/p+1/t8-,12+,14+,15+,16-/m0/s1. The van der Waals surface area contributed by atoms with Crippen LogP contribution in [-0.2, 0) is 9.47 Å². The lowest BCUT2D eigenvalue weighted by molar-refractivity contribution is -0.677. The molecule has 3 aliphatic rings. The highest BCUT2D eigenvalue weighted by atomic mass is 35.5. The molecule has 0 aromatic heterocycles. The van der Waals surface area contributed by atoms with E-state index in [2.05, 4.69) is 17.1 Å². The van der Waals surface area contributed by atoms with E-state index in [1.807, 2.05) is 6.92 Å². The fraction of sp³-hybridized carbons (Fsp3) is 0.438. The normalized spacial score (nSPS) is 42.3. The zero-order chi connectivity index (χ0) is 17.3. The van der Waals surface area contributed by atoms with Gasteiger partial charge in [-0.25, -0.2) is 4.99 Å². The Labute approximate surface area is 148 Å². The third kappa shape index (κ3) is 1.46. The van der Waals surface area contributed by atoms with Crippen molar-refractivity contribution in [1.82, 2.24) is 0 Å². The first-order valence-corrected chi connectivity index (χ1v) is 8.14. The van der Waals surface area contributed by atoms with Gasteiger partial charge in [-0.05, 0) is 24.6 Å². The molecule has 24 heavy (non-hydrogen) atoms. The maximum Gasteiger partial charge on any atom is 0.343 e. The van der Waals surface area contributed by atoms with Crippen molar-refractivity contribution in [1.29, 1.82) is 10.5 Å². The van der Waals surface area contributed by atoms with Crippen LogP contribution in [0.3, 0.4) is 0 Å². The van der Waals surface area contributed by atoms with Crippen molar-refractivity contribution in [3.8, 4) is 12.1 Å². The van der Waals surface area contributed by atoms with E-state index in [0.717, 1.165) is 0 Å². The van der Waals surface area contributed by atoms with Gasteiger partial charge >= 0.3 is 5.91 Å². The molecule has 122 valence electrons. The van der Waals surface area contributed by atoms with E-state index in [4.69, 9.17) is 38.4 Å². The summed E-state index contributed by atoms with van der Waals surface area (Å²) in [5, 5.41) is 20.8. The molecule has 1 aliphatic carbocycles. The fourth-order valence-electron chi connectivity index (χ4n) is 4.17. The molecular weight excluding hydrogens is 351 g/mol. The minimum atomic E-state index is -1.45. The SMILES string of the molecule is C[C@H]1CO[C@]2([NH+]=C(N)[C@@]3(C#N)[C@@H](c4ccc(Cl)cc4Cl)[C@@]23C#N)O1. The number of fused-ring (bicyclic) bond motifs is 2. The molecule has 2 fully saturated rings. The van der Waals surface area contributed by atoms with Gasteiger partial charge in [0, 0.05) is 16.0 Å². The molecule has 2 heterocycles. The van der Waals surface area contributed by atoms with Gasteiger partial charge in [0.2, 0.25) is 0 Å². The monoisotopic (exact) mass is 363 g/mol. The molecule has 0 amide bonds. The Morgan fingerprint density at radius 1 is 1.33 bits per heavy atom. The van der Waals surface area contributed by atoms with Gasteiger partial charge < -0.3 is 9.47 Å². The summed E-state index contributed by atoms with van der Waals surface area (Å²) in [6, 6.07) is 9.43. The van der Waals surface area contributed by atoms with Crippen LogP contribution < -0.4 is 10.7 Å². The summed E-state index contributed by atoms with van der Waals surface area (Å²) in [6.45, 7) is 2.13. The molecule has 2 aliphatic heterocycles. The Morgan fingerprint density at radius 2 is 2.08 bits per heavy atom. The van der Waals surface area contributed by atoms with Crippen molar-refractivity contribution in [2.24, 2.45) is 16.6 Å². The number of nitrogens with zero attached hydrogens (tertiary/aromatic N) is 2. The topological polar surface area (TPSA) is 106 Å². The largest absolute Gasteiger partial charge is 0.343 e. The summed E-state index contributed by atoms with van der Waals surface area (Å²) in [7, 11) is 0. The van der Waals surface area contributed by atoms with Crippen LogP contribution in [0, 0.1) is 33.5 Å². The number of hydrogen-bond acceptors (Lipinski definition) is 5. The van der Waals surface area contributed by atoms with Crippen molar-refractivity contribution < 1.29 is 14.5 Å². The zero-order valence-corrected chi connectivity index (χ0v) is 14.1. The lowest BCUT2D eigenvalue weighted by atomic mass is 9.94. The van der Waals surface area contributed by atoms with E-state index >= 15 is 0 Å². The van der Waals surface area contributed by atoms with Gasteiger partial charge in [0.25, 0.3) is 5.84 Å². The van der Waals surface area contributed by atoms with Crippen LogP contribution in [0.1, 0.15) is 18.4 Å². The number of ether oxygens (including phenoxy) is 2. The molecule has 1 spiro atoms. The molecule has 8 heteroatoms. The lowest BCUT2D eigenvalue weighted by Gasteiger charge is -2.24. The van der Waals surface area contributed by atoms with Crippen LogP contribution >= 0.6 is 23.2 Å². The molecule has 0 bridgehead atoms. The summed E-state index contributed by atoms with van der Waals surface area (Å²) in [6.07, 6.45) is -0.230. The van der Waals surface area contributed by atoms with Crippen LogP contribution in [0.25, 0.3) is 0 Å². The molecule has 1 aromatic carbocycles. The van der Waals surface area contributed by atoms with Crippen LogP contribution in [0.2, 0.25) is 10.0 Å². The van der Waals surface area contributed by atoms with Crippen molar-refractivity contribution in [2.45, 2.75) is 24.9 Å². The number of amidine groups is 1. The number of halogens is 2. The summed E-state index contributed by atoms with van der Waals surface area (Å²) in [4.78, 5) is 2.91. The van der Waals surface area contributed by atoms with Crippen LogP contribution in [0.5, 0.6) is 0 Å². The minimum Gasteiger partial charge on any atom is -0.311 e. The highest BCUT2D eigenvalue weighted by Gasteiger charge is 2.98. The Morgan fingerprint density at radius 3 is 2.62 bits per heavy atom. The second-order valence-electron chi connectivity index (χ2n) is 6.33. The van der Waals surface area contributed by atoms with Gasteiger partial charge in [0.05, 0.1) is 24.8 Å². The summed E-state index contributed by atoms with van der Waals surface area (Å²) in [5.41, 5.74) is 4.17. The van der Waals surface area contributed by atoms with Crippen LogP contribution in [-0.4, -0.2) is 24.5 Å². The number of nitrogens with two attached hydrogens (primary N) is 1. The van der Waals surface area contributed by atoms with Crippen molar-refractivity contribution in [2.75, 3.05) is 6.61 Å². The first-order chi connectivity index (χ1) is 11.4. The molecule has 4 rings (SSSR count). The van der Waals surface area contributed by atoms with Gasteiger partial charge in [-0.1, -0.05) is 29.3 Å². The zero-order valence-electron chi connectivity index (χ0n) is 12.6. The molecule has 0 radical (unpaired) electrons. The average Bonchev–Trinajstić information content (AvgIpc) is 2.90. The first-order valence-electron chi connectivity index (χ1n) is 7.39. The number of nitrogens with one attached hydrogen (secondary N) is 1. The second-order valence-corrected chi connectivity index (χ2v) is 7.18. The Balaban J connectivity index is 1.94. The maximum atomic E-state index is 10.0. The molecule has 5 atom stereocenters. The van der Waals surface area contributed by atoms with Gasteiger partial charge in [-0.3, -0.25) is 5.73 Å². The highest BCUT2D eigenvalue weighted by Crippen LogP contribution is 2.79. The van der Waals surface area contributed by atoms with Crippen LogP contribution in [0.4, 0.5) is 0 Å². The number of benzene rings is 1. The number of rotatable bonds is 1. The third-order valence-corrected chi connectivity index (χ3v) is 5.72. The Hall–Kier alpha value is -1.83. The highest BCUT2D eigenvalue weighted by molar-refractivity contribution is 6.35. The van der Waals surface area contributed by atoms with E-state index in [-0.39, 0.29) is 11.9 Å². The summed E-state index contributed by atoms with van der Waals surface area (Å²) < 4.78 is 11.7. The first kappa shape index (κ1) is 15.7. The Kier molecular flexibility index (Phi) is 3.02. The maximum absolute atomic E-state index is 10.0. The molecule has 1 aromatic rings. The van der Waals surface area contributed by atoms with E-state index < -0.39 is 22.7 Å². The predicted molar refractivity (Wildman–Crippen MR) is 84.7 cm³/mol. The average molecular weight is 364 g/mol. The Bertz CT molecular complexity index is 876. The van der Waals surface area contributed by atoms with Crippen LogP contribution in [0.15, 0.2) is 18.2 Å². The molecule has 0 unspecified atom stereocenters. The van der Waals surface area contributed by atoms with E-state index in [1.54, 1.807) is 18.2 Å². The molecule has 3 N–H and O–H groups in total. The predicted octanol–water partition coefficient (Wildman–Crippen LogP) is 0.651. The number of hydrogen-bond donors (Lipinski definition) is 2. The molecule has 1 saturated carbocycles. The summed E-state index contributed by atoms with van der Waals surface area (Å²) in [5.74, 6) is -1.86. The van der Waals surface area contributed by atoms with Gasteiger partial charge in [-0.2, -0.15) is 10.5 Å². The minimum absolute atomic E-state index is 0.164.